The zero-order chi connectivity index (χ0) is 9.10. The highest BCUT2D eigenvalue weighted by atomic mass is 14.9. The van der Waals surface area contributed by atoms with E-state index in [1.165, 1.54) is 18.4 Å². The highest BCUT2D eigenvalue weighted by molar-refractivity contribution is 5.20. The summed E-state index contributed by atoms with van der Waals surface area (Å²) >= 11 is 0. The van der Waals surface area contributed by atoms with Crippen molar-refractivity contribution >= 4 is 0 Å². The molecule has 2 unspecified atom stereocenters. The van der Waals surface area contributed by atoms with E-state index in [1.54, 1.807) is 0 Å². The molecular weight excluding hydrogens is 158 g/mol. The van der Waals surface area contributed by atoms with Gasteiger partial charge in [0.25, 0.3) is 0 Å². The van der Waals surface area contributed by atoms with Crippen molar-refractivity contribution < 1.29 is 0 Å². The fourth-order valence-electron chi connectivity index (χ4n) is 1.93. The first-order valence-corrected chi connectivity index (χ1v) is 5.08. The second kappa shape index (κ2) is 3.93. The average molecular weight is 174 g/mol. The minimum Gasteiger partial charge on any atom is -0.238 e. The third kappa shape index (κ3) is 2.10. The molecule has 0 saturated carbocycles. The third-order valence-corrected chi connectivity index (χ3v) is 2.84. The van der Waals surface area contributed by atoms with E-state index in [2.05, 4.69) is 42.6 Å². The molecule has 1 radical (unpaired) electrons. The summed E-state index contributed by atoms with van der Waals surface area (Å²) in [5.41, 5.74) is 1.46. The highest BCUT2D eigenvalue weighted by Crippen LogP contribution is 2.25. The van der Waals surface area contributed by atoms with Crippen molar-refractivity contribution in [3.63, 3.8) is 0 Å². The Bertz CT molecular complexity index is 247. The van der Waals surface area contributed by atoms with Crippen molar-refractivity contribution in [3.05, 3.63) is 35.9 Å². The molecule has 2 rings (SSSR count). The Morgan fingerprint density at radius 2 is 1.92 bits per heavy atom. The fourth-order valence-corrected chi connectivity index (χ4v) is 1.93. The standard InChI is InChI=1S/C12H16N/c1-10-7-8-12(9-13-10)11-5-3-2-4-6-11/h2-6,10,12H,7-9H2,1H3. The maximum absolute atomic E-state index is 4.59. The summed E-state index contributed by atoms with van der Waals surface area (Å²) in [5, 5.41) is 4.59. The number of hydrogen-bond acceptors (Lipinski definition) is 0. The molecule has 13 heavy (non-hydrogen) atoms. The molecular formula is C12H16N. The predicted molar refractivity (Wildman–Crippen MR) is 54.9 cm³/mol. The normalized spacial score (nSPS) is 28.7. The molecule has 0 amide bonds. The van der Waals surface area contributed by atoms with Gasteiger partial charge < -0.3 is 0 Å². The van der Waals surface area contributed by atoms with Crippen LogP contribution < -0.4 is 5.32 Å². The summed E-state index contributed by atoms with van der Waals surface area (Å²) in [6.07, 6.45) is 2.55. The van der Waals surface area contributed by atoms with Crippen LogP contribution in [-0.4, -0.2) is 12.6 Å². The van der Waals surface area contributed by atoms with Gasteiger partial charge in [0, 0.05) is 12.6 Å². The number of rotatable bonds is 1. The van der Waals surface area contributed by atoms with E-state index in [1.807, 2.05) is 0 Å². The van der Waals surface area contributed by atoms with Crippen LogP contribution in [0.4, 0.5) is 0 Å². The third-order valence-electron chi connectivity index (χ3n) is 2.84. The molecule has 0 bridgehead atoms. The second-order valence-electron chi connectivity index (χ2n) is 3.90. The Morgan fingerprint density at radius 1 is 1.15 bits per heavy atom. The molecule has 0 N–H and O–H groups in total. The molecule has 1 heteroatoms. The summed E-state index contributed by atoms with van der Waals surface area (Å²) in [4.78, 5) is 0. The van der Waals surface area contributed by atoms with E-state index >= 15 is 0 Å². The highest BCUT2D eigenvalue weighted by Gasteiger charge is 2.19. The Kier molecular flexibility index (Phi) is 2.65. The summed E-state index contributed by atoms with van der Waals surface area (Å²) < 4.78 is 0. The minimum atomic E-state index is 0.583. The Hall–Kier alpha value is -0.820. The van der Waals surface area contributed by atoms with Gasteiger partial charge in [-0.2, -0.15) is 0 Å². The van der Waals surface area contributed by atoms with E-state index in [9.17, 15) is 0 Å². The Balaban J connectivity index is 2.03. The lowest BCUT2D eigenvalue weighted by molar-refractivity contribution is 0.377. The van der Waals surface area contributed by atoms with E-state index < -0.39 is 0 Å². The van der Waals surface area contributed by atoms with Gasteiger partial charge in [0.05, 0.1) is 0 Å². The first-order chi connectivity index (χ1) is 6.36. The van der Waals surface area contributed by atoms with Crippen LogP contribution >= 0.6 is 0 Å². The number of benzene rings is 1. The van der Waals surface area contributed by atoms with E-state index in [0.29, 0.717) is 12.0 Å². The maximum Gasteiger partial charge on any atom is 0.0218 e. The summed E-state index contributed by atoms with van der Waals surface area (Å²) in [7, 11) is 0. The van der Waals surface area contributed by atoms with Gasteiger partial charge in [-0.25, -0.2) is 5.32 Å². The molecule has 1 heterocycles. The molecule has 2 atom stereocenters. The largest absolute Gasteiger partial charge is 0.238 e. The van der Waals surface area contributed by atoms with Crippen molar-refractivity contribution in [2.24, 2.45) is 0 Å². The molecule has 1 fully saturated rings. The zero-order valence-electron chi connectivity index (χ0n) is 8.11. The van der Waals surface area contributed by atoms with Crippen molar-refractivity contribution in [2.45, 2.75) is 31.7 Å². The van der Waals surface area contributed by atoms with Crippen molar-refractivity contribution in [2.75, 3.05) is 6.54 Å². The Morgan fingerprint density at radius 3 is 2.54 bits per heavy atom. The molecule has 0 aromatic heterocycles. The summed E-state index contributed by atoms with van der Waals surface area (Å²) in [6.45, 7) is 3.23. The van der Waals surface area contributed by atoms with Gasteiger partial charge in [0.1, 0.15) is 0 Å². The van der Waals surface area contributed by atoms with Gasteiger partial charge in [0.2, 0.25) is 0 Å². The van der Waals surface area contributed by atoms with Gasteiger partial charge in [-0.15, -0.1) is 0 Å². The lowest BCUT2D eigenvalue weighted by Gasteiger charge is -2.26. The lowest BCUT2D eigenvalue weighted by atomic mass is 9.89. The molecule has 1 aliphatic heterocycles. The predicted octanol–water partition coefficient (Wildman–Crippen LogP) is 2.56. The van der Waals surface area contributed by atoms with E-state index in [4.69, 9.17) is 0 Å². The molecule has 1 saturated heterocycles. The van der Waals surface area contributed by atoms with E-state index in [-0.39, 0.29) is 0 Å². The van der Waals surface area contributed by atoms with Gasteiger partial charge in [-0.1, -0.05) is 30.3 Å². The van der Waals surface area contributed by atoms with Crippen LogP contribution in [0.3, 0.4) is 0 Å². The monoisotopic (exact) mass is 174 g/mol. The van der Waals surface area contributed by atoms with Crippen molar-refractivity contribution in [3.8, 4) is 0 Å². The molecule has 1 aliphatic rings. The van der Waals surface area contributed by atoms with Crippen LogP contribution in [0.2, 0.25) is 0 Å². The van der Waals surface area contributed by atoms with Crippen LogP contribution in [0.25, 0.3) is 0 Å². The molecule has 1 aromatic rings. The smallest absolute Gasteiger partial charge is 0.0218 e. The first kappa shape index (κ1) is 8.76. The zero-order valence-corrected chi connectivity index (χ0v) is 8.11. The maximum atomic E-state index is 4.59. The van der Waals surface area contributed by atoms with Crippen LogP contribution in [0.15, 0.2) is 30.3 Å². The van der Waals surface area contributed by atoms with E-state index in [0.717, 1.165) is 6.54 Å². The van der Waals surface area contributed by atoms with Gasteiger partial charge in [-0.3, -0.25) is 0 Å². The van der Waals surface area contributed by atoms with Crippen molar-refractivity contribution in [1.29, 1.82) is 0 Å². The molecule has 0 spiro atoms. The Labute approximate surface area is 80.2 Å². The summed E-state index contributed by atoms with van der Waals surface area (Å²) in [5.74, 6) is 0.678. The van der Waals surface area contributed by atoms with Crippen LogP contribution in [0.1, 0.15) is 31.2 Å². The SMILES string of the molecule is CC1CCC(c2ccccc2)C[N]1. The fraction of sp³-hybridized carbons (Fsp3) is 0.500. The average Bonchev–Trinajstić information content (AvgIpc) is 2.20. The molecule has 1 aromatic carbocycles. The van der Waals surface area contributed by atoms with Gasteiger partial charge in [0.15, 0.2) is 0 Å². The number of piperidine rings is 1. The van der Waals surface area contributed by atoms with Crippen LogP contribution in [0, 0.1) is 0 Å². The number of nitrogens with zero attached hydrogens (tertiary/aromatic N) is 1. The second-order valence-corrected chi connectivity index (χ2v) is 3.90. The summed E-state index contributed by atoms with van der Waals surface area (Å²) in [6, 6.07) is 11.3. The van der Waals surface area contributed by atoms with Crippen LogP contribution in [-0.2, 0) is 0 Å². The first-order valence-electron chi connectivity index (χ1n) is 5.08. The molecule has 1 nitrogen and oxygen atoms in total. The van der Waals surface area contributed by atoms with Gasteiger partial charge in [-0.05, 0) is 31.2 Å². The minimum absolute atomic E-state index is 0.583. The van der Waals surface area contributed by atoms with Gasteiger partial charge >= 0.3 is 0 Å². The van der Waals surface area contributed by atoms with Crippen LogP contribution in [0.5, 0.6) is 0 Å². The lowest BCUT2D eigenvalue weighted by Crippen LogP contribution is -2.29. The topological polar surface area (TPSA) is 14.1 Å². The van der Waals surface area contributed by atoms with Crippen molar-refractivity contribution in [1.82, 2.24) is 5.32 Å². The molecule has 0 aliphatic carbocycles. The quantitative estimate of drug-likeness (QED) is 0.621. The number of hydrogen-bond donors (Lipinski definition) is 0. The molecule has 69 valence electrons.